The maximum atomic E-state index is 14.3. The van der Waals surface area contributed by atoms with Crippen molar-refractivity contribution in [3.8, 4) is 16.9 Å². The minimum Gasteiger partial charge on any atom is -0.510 e. The molecule has 276 valence electrons. The zero-order valence-electron chi connectivity index (χ0n) is 30.0. The summed E-state index contributed by atoms with van der Waals surface area (Å²) in [6.07, 6.45) is 0.112. The van der Waals surface area contributed by atoms with E-state index >= 15 is 0 Å². The average molecular weight is 722 g/mol. The number of likely N-dealkylation sites (tertiary alicyclic amines) is 1. The second kappa shape index (κ2) is 13.2. The highest BCUT2D eigenvalue weighted by atomic mass is 16.3. The number of hydrogen-bond acceptors (Lipinski definition) is 11. The van der Waals surface area contributed by atoms with Gasteiger partial charge in [-0.15, -0.1) is 0 Å². The number of benzene rings is 3. The third-order valence-corrected chi connectivity index (χ3v) is 11.2. The number of Topliss-reactive ketones (excluding diaryl/α,β-unsaturated/α-hetero) is 2. The summed E-state index contributed by atoms with van der Waals surface area (Å²) in [6.45, 7) is 1.67. The number of nitrogens with zero attached hydrogens (tertiary/aromatic N) is 3. The summed E-state index contributed by atoms with van der Waals surface area (Å²) in [6, 6.07) is 18.9. The minimum absolute atomic E-state index is 0.0111. The molecule has 4 aliphatic rings. The smallest absolute Gasteiger partial charge is 0.255 e. The number of aliphatic hydroxyl groups excluding tert-OH is 2. The van der Waals surface area contributed by atoms with Crippen LogP contribution in [0.3, 0.4) is 0 Å². The standard InChI is InChI=1S/C40H43N5O8/c1-43(2)28-16-27(42-39(52)24-18-45(19-24)17-20-10-12-22(13-11-20)21-8-6-5-7-9-21)33(46)30-25(28)14-23-15-26-32(44(3)4)35(48)31(38(41)51)37(50)40(26,53)36(49)29(23)34(30)47/h5-13,16,23-24,26,32,46,48-49,53H,14-15,17-19H2,1-4H3,(H2,41,51)(H,42,52)/t23-,26?,32-,40-/m0/s1. The van der Waals surface area contributed by atoms with Crippen LogP contribution in [0.15, 0.2) is 83.3 Å². The zero-order valence-corrected chi connectivity index (χ0v) is 30.0. The van der Waals surface area contributed by atoms with E-state index in [-0.39, 0.29) is 41.5 Å². The van der Waals surface area contributed by atoms with Gasteiger partial charge in [0.15, 0.2) is 17.1 Å². The summed E-state index contributed by atoms with van der Waals surface area (Å²) < 4.78 is 0. The van der Waals surface area contributed by atoms with Crippen LogP contribution >= 0.6 is 0 Å². The van der Waals surface area contributed by atoms with E-state index in [0.29, 0.717) is 30.9 Å². The molecule has 53 heavy (non-hydrogen) atoms. The van der Waals surface area contributed by atoms with Crippen LogP contribution < -0.4 is 16.0 Å². The van der Waals surface area contributed by atoms with Gasteiger partial charge in [-0.3, -0.25) is 29.0 Å². The molecule has 0 saturated carbocycles. The molecule has 1 aliphatic heterocycles. The predicted molar refractivity (Wildman–Crippen MR) is 197 cm³/mol. The molecule has 3 aromatic carbocycles. The first-order valence-electron chi connectivity index (χ1n) is 17.5. The first-order chi connectivity index (χ1) is 25.1. The molecule has 1 heterocycles. The molecule has 4 atom stereocenters. The Hall–Kier alpha value is -5.50. The van der Waals surface area contributed by atoms with Gasteiger partial charge in [0, 0.05) is 50.9 Å². The normalized spacial score (nSPS) is 24.4. The Morgan fingerprint density at radius 1 is 0.962 bits per heavy atom. The van der Waals surface area contributed by atoms with Gasteiger partial charge in [0.2, 0.25) is 11.7 Å². The highest BCUT2D eigenvalue weighted by Gasteiger charge is 2.63. The monoisotopic (exact) mass is 721 g/mol. The number of ketones is 2. The number of aliphatic hydroxyl groups is 3. The fourth-order valence-corrected chi connectivity index (χ4v) is 8.58. The number of fused-ring (bicyclic) bond motifs is 3. The maximum Gasteiger partial charge on any atom is 0.255 e. The van der Waals surface area contributed by atoms with E-state index in [9.17, 15) is 39.6 Å². The van der Waals surface area contributed by atoms with Crippen LogP contribution in [0.5, 0.6) is 5.75 Å². The summed E-state index contributed by atoms with van der Waals surface area (Å²) in [4.78, 5) is 59.1. The molecule has 3 aliphatic carbocycles. The largest absolute Gasteiger partial charge is 0.510 e. The van der Waals surface area contributed by atoms with Gasteiger partial charge in [-0.25, -0.2) is 0 Å². The van der Waals surface area contributed by atoms with Crippen LogP contribution in [0.25, 0.3) is 11.1 Å². The molecule has 0 bridgehead atoms. The summed E-state index contributed by atoms with van der Waals surface area (Å²) >= 11 is 0. The lowest BCUT2D eigenvalue weighted by atomic mass is 9.58. The van der Waals surface area contributed by atoms with Crippen molar-refractivity contribution < 1.29 is 39.6 Å². The molecule has 0 radical (unpaired) electrons. The number of phenolic OH excluding ortho intramolecular Hbond substituents is 1. The molecule has 7 rings (SSSR count). The lowest BCUT2D eigenvalue weighted by molar-refractivity contribution is -0.148. The van der Waals surface area contributed by atoms with E-state index in [1.54, 1.807) is 39.2 Å². The predicted octanol–water partition coefficient (Wildman–Crippen LogP) is 2.92. The van der Waals surface area contributed by atoms with E-state index in [1.807, 2.05) is 18.2 Å². The van der Waals surface area contributed by atoms with Crippen molar-refractivity contribution >= 4 is 34.8 Å². The first-order valence-corrected chi connectivity index (χ1v) is 17.5. The maximum absolute atomic E-state index is 14.3. The molecular weight excluding hydrogens is 678 g/mol. The Balaban J connectivity index is 1.13. The highest BCUT2D eigenvalue weighted by molar-refractivity contribution is 6.25. The SMILES string of the molecule is CN(C)c1cc(NC(=O)C2CN(Cc3ccc(-c4ccccc4)cc3)C2)c(O)c2c1C[C@H]1CC3[C@H](N(C)C)C(O)=C(C(N)=O)C(=O)[C@@]3(O)C(O)=C1C2=O. The van der Waals surface area contributed by atoms with Crippen molar-refractivity contribution in [3.63, 3.8) is 0 Å². The number of nitrogens with one attached hydrogen (secondary N) is 1. The Kier molecular flexibility index (Phi) is 8.92. The van der Waals surface area contributed by atoms with Crippen molar-refractivity contribution in [3.05, 3.63) is 100 Å². The summed E-state index contributed by atoms with van der Waals surface area (Å²) in [5, 5.41) is 48.9. The number of anilines is 2. The number of amides is 2. The van der Waals surface area contributed by atoms with Crippen molar-refractivity contribution in [2.24, 2.45) is 23.5 Å². The molecule has 1 fully saturated rings. The third kappa shape index (κ3) is 5.75. The molecule has 1 saturated heterocycles. The zero-order chi connectivity index (χ0) is 38.1. The van der Waals surface area contributed by atoms with Crippen LogP contribution in [0, 0.1) is 17.8 Å². The van der Waals surface area contributed by atoms with Gasteiger partial charge in [0.05, 0.1) is 23.2 Å². The van der Waals surface area contributed by atoms with Crippen LogP contribution in [-0.2, 0) is 27.3 Å². The number of allylic oxidation sites excluding steroid dienone is 1. The molecule has 3 aromatic rings. The number of phenols is 1. The minimum atomic E-state index is -2.74. The van der Waals surface area contributed by atoms with E-state index in [4.69, 9.17) is 5.73 Å². The summed E-state index contributed by atoms with van der Waals surface area (Å²) in [7, 11) is 6.68. The summed E-state index contributed by atoms with van der Waals surface area (Å²) in [5.41, 5.74) is 5.81. The van der Waals surface area contributed by atoms with Gasteiger partial charge in [-0.05, 0) is 61.2 Å². The quantitative estimate of drug-likeness (QED) is 0.148. The number of likely N-dealkylation sites (N-methyl/N-ethyl adjacent to an activating group) is 1. The molecule has 0 spiro atoms. The Labute approximate surface area is 306 Å². The number of hydrogen-bond donors (Lipinski definition) is 6. The number of rotatable bonds is 8. The topological polar surface area (TPSA) is 197 Å². The van der Waals surface area contributed by atoms with E-state index in [1.165, 1.54) is 4.90 Å². The Morgan fingerprint density at radius 3 is 2.21 bits per heavy atom. The fraction of sp³-hybridized carbons (Fsp3) is 0.350. The summed E-state index contributed by atoms with van der Waals surface area (Å²) in [5.74, 6) is -8.00. The lowest BCUT2D eigenvalue weighted by Crippen LogP contribution is -2.63. The molecular formula is C40H43N5O8. The third-order valence-electron chi connectivity index (χ3n) is 11.2. The molecule has 2 amide bonds. The average Bonchev–Trinajstić information content (AvgIpc) is 3.09. The molecule has 7 N–H and O–H groups in total. The molecule has 13 heteroatoms. The number of carbonyl (C=O) groups is 4. The second-order valence-electron chi connectivity index (χ2n) is 14.9. The highest BCUT2D eigenvalue weighted by Crippen LogP contribution is 2.54. The van der Waals surface area contributed by atoms with Gasteiger partial charge >= 0.3 is 0 Å². The first kappa shape index (κ1) is 35.9. The number of nitrogens with two attached hydrogens (primary N) is 1. The second-order valence-corrected chi connectivity index (χ2v) is 14.9. The number of primary amides is 1. The molecule has 1 unspecified atom stereocenters. The van der Waals surface area contributed by atoms with Crippen LogP contribution in [-0.4, -0.2) is 107 Å². The molecule has 13 nitrogen and oxygen atoms in total. The van der Waals surface area contributed by atoms with Gasteiger partial charge in [0.1, 0.15) is 17.1 Å². The van der Waals surface area contributed by atoms with Crippen LogP contribution in [0.4, 0.5) is 11.4 Å². The van der Waals surface area contributed by atoms with E-state index < -0.39 is 63.8 Å². The Bertz CT molecular complexity index is 2100. The van der Waals surface area contributed by atoms with Crippen LogP contribution in [0.1, 0.15) is 27.9 Å². The van der Waals surface area contributed by atoms with E-state index in [0.717, 1.165) is 16.7 Å². The van der Waals surface area contributed by atoms with Gasteiger partial charge in [-0.1, -0.05) is 54.6 Å². The number of aromatic hydroxyl groups is 1. The van der Waals surface area contributed by atoms with Gasteiger partial charge < -0.3 is 36.4 Å². The lowest BCUT2D eigenvalue weighted by Gasteiger charge is -2.50. The van der Waals surface area contributed by atoms with Gasteiger partial charge in [-0.2, -0.15) is 0 Å². The Morgan fingerprint density at radius 2 is 1.60 bits per heavy atom. The van der Waals surface area contributed by atoms with Crippen molar-refractivity contribution in [1.29, 1.82) is 0 Å². The van der Waals surface area contributed by atoms with Crippen LogP contribution in [0.2, 0.25) is 0 Å². The van der Waals surface area contributed by atoms with Gasteiger partial charge in [0.25, 0.3) is 5.91 Å². The van der Waals surface area contributed by atoms with E-state index in [2.05, 4.69) is 46.6 Å². The van der Waals surface area contributed by atoms with Crippen molar-refractivity contribution in [2.45, 2.75) is 31.0 Å². The fourth-order valence-electron chi connectivity index (χ4n) is 8.58. The van der Waals surface area contributed by atoms with Crippen molar-refractivity contribution in [2.75, 3.05) is 51.5 Å². The van der Waals surface area contributed by atoms with Crippen molar-refractivity contribution in [1.82, 2.24) is 9.80 Å². The molecule has 0 aromatic heterocycles. The number of carbonyl (C=O) groups excluding carboxylic acids is 4.